The van der Waals surface area contributed by atoms with Gasteiger partial charge in [0, 0.05) is 31.4 Å². The SMILES string of the molecule is Cc1nn(C)c(C)c1C(C)C(=O)N1CCNC(=O)C1C. The Morgan fingerprint density at radius 3 is 2.65 bits per heavy atom. The maximum atomic E-state index is 12.7. The van der Waals surface area contributed by atoms with Gasteiger partial charge in [0.1, 0.15) is 6.04 Å². The summed E-state index contributed by atoms with van der Waals surface area (Å²) in [6.45, 7) is 8.62. The number of nitrogens with one attached hydrogen (secondary N) is 1. The number of aryl methyl sites for hydroxylation is 2. The van der Waals surface area contributed by atoms with Crippen LogP contribution in [0.2, 0.25) is 0 Å². The predicted octanol–water partition coefficient (Wildman–Crippen LogP) is 0.487. The Labute approximate surface area is 119 Å². The monoisotopic (exact) mass is 278 g/mol. The fourth-order valence-corrected chi connectivity index (χ4v) is 2.87. The lowest BCUT2D eigenvalue weighted by atomic mass is 9.96. The smallest absolute Gasteiger partial charge is 0.242 e. The van der Waals surface area contributed by atoms with Gasteiger partial charge in [-0.05, 0) is 27.7 Å². The highest BCUT2D eigenvalue weighted by Gasteiger charge is 2.33. The molecule has 6 heteroatoms. The van der Waals surface area contributed by atoms with Crippen molar-refractivity contribution >= 4 is 11.8 Å². The number of carbonyl (C=O) groups is 2. The second-order valence-corrected chi connectivity index (χ2v) is 5.43. The third-order valence-electron chi connectivity index (χ3n) is 4.15. The van der Waals surface area contributed by atoms with Crippen molar-refractivity contribution in [1.82, 2.24) is 20.0 Å². The van der Waals surface area contributed by atoms with Crippen LogP contribution in [0.4, 0.5) is 0 Å². The van der Waals surface area contributed by atoms with Crippen molar-refractivity contribution in [2.75, 3.05) is 13.1 Å². The highest BCUT2D eigenvalue weighted by molar-refractivity contribution is 5.91. The fraction of sp³-hybridized carbons (Fsp3) is 0.643. The van der Waals surface area contributed by atoms with E-state index in [1.807, 2.05) is 27.8 Å². The molecule has 1 aliphatic rings. The highest BCUT2D eigenvalue weighted by Crippen LogP contribution is 2.25. The van der Waals surface area contributed by atoms with E-state index in [0.29, 0.717) is 13.1 Å². The van der Waals surface area contributed by atoms with Crippen LogP contribution < -0.4 is 5.32 Å². The van der Waals surface area contributed by atoms with E-state index >= 15 is 0 Å². The molecule has 1 aromatic heterocycles. The molecule has 6 nitrogen and oxygen atoms in total. The van der Waals surface area contributed by atoms with Crippen LogP contribution in [0.3, 0.4) is 0 Å². The molecule has 2 unspecified atom stereocenters. The number of rotatable bonds is 2. The van der Waals surface area contributed by atoms with Crippen molar-refractivity contribution in [3.05, 3.63) is 17.0 Å². The lowest BCUT2D eigenvalue weighted by molar-refractivity contribution is -0.143. The molecular formula is C14H22N4O2. The van der Waals surface area contributed by atoms with Gasteiger partial charge in [-0.1, -0.05) is 0 Å². The molecule has 0 aliphatic carbocycles. The Hall–Kier alpha value is -1.85. The zero-order chi connectivity index (χ0) is 15.0. The zero-order valence-electron chi connectivity index (χ0n) is 12.7. The van der Waals surface area contributed by atoms with Gasteiger partial charge < -0.3 is 10.2 Å². The number of nitrogens with zero attached hydrogens (tertiary/aromatic N) is 3. The number of aromatic nitrogens is 2. The fourth-order valence-electron chi connectivity index (χ4n) is 2.87. The van der Waals surface area contributed by atoms with Gasteiger partial charge >= 0.3 is 0 Å². The topological polar surface area (TPSA) is 67.2 Å². The minimum Gasteiger partial charge on any atom is -0.353 e. The lowest BCUT2D eigenvalue weighted by Crippen LogP contribution is -2.56. The average Bonchev–Trinajstić information content (AvgIpc) is 2.65. The molecule has 1 fully saturated rings. The number of carbonyl (C=O) groups excluding carboxylic acids is 2. The molecule has 110 valence electrons. The van der Waals surface area contributed by atoms with E-state index in [9.17, 15) is 9.59 Å². The number of piperazine rings is 1. The molecule has 0 spiro atoms. The summed E-state index contributed by atoms with van der Waals surface area (Å²) in [6.07, 6.45) is 0. The Kier molecular flexibility index (Phi) is 3.83. The van der Waals surface area contributed by atoms with Crippen LogP contribution in [-0.4, -0.2) is 45.6 Å². The van der Waals surface area contributed by atoms with Crippen molar-refractivity contribution in [1.29, 1.82) is 0 Å². The van der Waals surface area contributed by atoms with E-state index in [1.54, 1.807) is 16.5 Å². The summed E-state index contributed by atoms with van der Waals surface area (Å²) in [5, 5.41) is 7.13. The first-order valence-corrected chi connectivity index (χ1v) is 6.92. The van der Waals surface area contributed by atoms with Gasteiger partial charge in [-0.25, -0.2) is 0 Å². The van der Waals surface area contributed by atoms with E-state index in [-0.39, 0.29) is 17.7 Å². The van der Waals surface area contributed by atoms with Gasteiger partial charge in [-0.15, -0.1) is 0 Å². The number of hydrogen-bond acceptors (Lipinski definition) is 3. The minimum atomic E-state index is -0.406. The zero-order valence-corrected chi connectivity index (χ0v) is 12.7. The first-order valence-electron chi connectivity index (χ1n) is 6.92. The van der Waals surface area contributed by atoms with E-state index < -0.39 is 6.04 Å². The summed E-state index contributed by atoms with van der Waals surface area (Å²) in [6, 6.07) is -0.406. The molecule has 20 heavy (non-hydrogen) atoms. The standard InChI is InChI=1S/C14H22N4O2/c1-8(12-9(2)16-17(5)10(12)3)14(20)18-7-6-15-13(19)11(18)4/h8,11H,6-7H2,1-5H3,(H,15,19). The van der Waals surface area contributed by atoms with Crippen LogP contribution in [0.25, 0.3) is 0 Å². The van der Waals surface area contributed by atoms with Gasteiger partial charge in [-0.3, -0.25) is 14.3 Å². The quantitative estimate of drug-likeness (QED) is 0.856. The lowest BCUT2D eigenvalue weighted by Gasteiger charge is -2.34. The maximum Gasteiger partial charge on any atom is 0.242 e. The molecule has 0 radical (unpaired) electrons. The van der Waals surface area contributed by atoms with E-state index in [1.165, 1.54) is 0 Å². The summed E-state index contributed by atoms with van der Waals surface area (Å²) in [5.41, 5.74) is 2.84. The summed E-state index contributed by atoms with van der Waals surface area (Å²) in [5.74, 6) is -0.375. The summed E-state index contributed by atoms with van der Waals surface area (Å²) >= 11 is 0. The Morgan fingerprint density at radius 2 is 2.10 bits per heavy atom. The van der Waals surface area contributed by atoms with Gasteiger partial charge in [0.15, 0.2) is 0 Å². The third kappa shape index (κ3) is 2.30. The highest BCUT2D eigenvalue weighted by atomic mass is 16.2. The molecule has 2 rings (SSSR count). The molecule has 0 bridgehead atoms. The van der Waals surface area contributed by atoms with Crippen LogP contribution in [0.5, 0.6) is 0 Å². The molecule has 1 saturated heterocycles. The molecule has 0 aromatic carbocycles. The molecule has 2 atom stereocenters. The van der Waals surface area contributed by atoms with Gasteiger partial charge in [0.05, 0.1) is 11.6 Å². The van der Waals surface area contributed by atoms with Crippen LogP contribution >= 0.6 is 0 Å². The molecule has 2 amide bonds. The molecule has 2 heterocycles. The second kappa shape index (κ2) is 5.26. The molecule has 1 aromatic rings. The van der Waals surface area contributed by atoms with Crippen LogP contribution in [0.15, 0.2) is 0 Å². The normalized spacial score (nSPS) is 20.8. The van der Waals surface area contributed by atoms with Crippen LogP contribution in [-0.2, 0) is 16.6 Å². The summed E-state index contributed by atoms with van der Waals surface area (Å²) in [7, 11) is 1.87. The van der Waals surface area contributed by atoms with Gasteiger partial charge in [0.2, 0.25) is 11.8 Å². The minimum absolute atomic E-state index is 0.00782. The Balaban J connectivity index is 2.26. The number of amides is 2. The Morgan fingerprint density at radius 1 is 1.45 bits per heavy atom. The summed E-state index contributed by atoms with van der Waals surface area (Å²) < 4.78 is 1.79. The van der Waals surface area contributed by atoms with Crippen molar-refractivity contribution < 1.29 is 9.59 Å². The maximum absolute atomic E-state index is 12.7. The largest absolute Gasteiger partial charge is 0.353 e. The molecular weight excluding hydrogens is 256 g/mol. The van der Waals surface area contributed by atoms with Crippen LogP contribution in [0.1, 0.15) is 36.7 Å². The summed E-state index contributed by atoms with van der Waals surface area (Å²) in [4.78, 5) is 26.0. The van der Waals surface area contributed by atoms with Crippen molar-refractivity contribution in [2.45, 2.75) is 39.7 Å². The average molecular weight is 278 g/mol. The first-order chi connectivity index (χ1) is 9.34. The van der Waals surface area contributed by atoms with Crippen LogP contribution in [0, 0.1) is 13.8 Å². The second-order valence-electron chi connectivity index (χ2n) is 5.43. The molecule has 0 saturated carbocycles. The third-order valence-corrected chi connectivity index (χ3v) is 4.15. The van der Waals surface area contributed by atoms with Crippen molar-refractivity contribution in [3.63, 3.8) is 0 Å². The number of hydrogen-bond donors (Lipinski definition) is 1. The molecule has 1 N–H and O–H groups in total. The van der Waals surface area contributed by atoms with Gasteiger partial charge in [0.25, 0.3) is 0 Å². The van der Waals surface area contributed by atoms with Crippen molar-refractivity contribution in [2.24, 2.45) is 7.05 Å². The van der Waals surface area contributed by atoms with E-state index in [0.717, 1.165) is 17.0 Å². The molecule has 1 aliphatic heterocycles. The predicted molar refractivity (Wildman–Crippen MR) is 75.3 cm³/mol. The van der Waals surface area contributed by atoms with E-state index in [4.69, 9.17) is 0 Å². The van der Waals surface area contributed by atoms with Crippen molar-refractivity contribution in [3.8, 4) is 0 Å². The van der Waals surface area contributed by atoms with E-state index in [2.05, 4.69) is 10.4 Å². The first kappa shape index (κ1) is 14.6. The van der Waals surface area contributed by atoms with Gasteiger partial charge in [-0.2, -0.15) is 5.10 Å². The Bertz CT molecular complexity index is 550.